The molecule has 134 valence electrons. The molecular weight excluding hydrogens is 321 g/mol. The third-order valence-electron chi connectivity index (χ3n) is 4.96. The number of halogens is 3. The maximum Gasteiger partial charge on any atom is 0.416 e. The predicted molar refractivity (Wildman–Crippen MR) is 84.3 cm³/mol. The van der Waals surface area contributed by atoms with Gasteiger partial charge in [0.2, 0.25) is 0 Å². The first-order valence-corrected chi connectivity index (χ1v) is 7.91. The van der Waals surface area contributed by atoms with Crippen LogP contribution in [0.15, 0.2) is 24.3 Å². The van der Waals surface area contributed by atoms with Crippen molar-refractivity contribution in [1.82, 2.24) is 10.2 Å². The van der Waals surface area contributed by atoms with E-state index in [4.69, 9.17) is 0 Å². The molecule has 24 heavy (non-hydrogen) atoms. The number of alkyl halides is 3. The number of aliphatic hydroxyl groups is 1. The third-order valence-corrected chi connectivity index (χ3v) is 4.96. The van der Waals surface area contributed by atoms with Crippen LogP contribution >= 0.6 is 0 Å². The van der Waals surface area contributed by atoms with E-state index in [1.165, 1.54) is 25.1 Å². The highest BCUT2D eigenvalue weighted by molar-refractivity contribution is 5.75. The number of nitrogens with zero attached hydrogens (tertiary/aromatic N) is 1. The number of carbonyl (C=O) groups excluding carboxylic acids is 1. The van der Waals surface area contributed by atoms with Crippen molar-refractivity contribution in [3.8, 4) is 0 Å². The van der Waals surface area contributed by atoms with Crippen LogP contribution in [0.5, 0.6) is 0 Å². The fourth-order valence-corrected chi connectivity index (χ4v) is 3.05. The quantitative estimate of drug-likeness (QED) is 0.883. The van der Waals surface area contributed by atoms with Gasteiger partial charge in [-0.25, -0.2) is 4.79 Å². The summed E-state index contributed by atoms with van der Waals surface area (Å²) >= 11 is 0. The third kappa shape index (κ3) is 3.66. The van der Waals surface area contributed by atoms with Gasteiger partial charge in [-0.15, -0.1) is 0 Å². The maximum atomic E-state index is 13.1. The van der Waals surface area contributed by atoms with Crippen molar-refractivity contribution in [2.24, 2.45) is 11.3 Å². The Balaban J connectivity index is 2.11. The van der Waals surface area contributed by atoms with Crippen LogP contribution in [0.2, 0.25) is 0 Å². The minimum Gasteiger partial charge on any atom is -0.396 e. The van der Waals surface area contributed by atoms with E-state index in [9.17, 15) is 23.1 Å². The largest absolute Gasteiger partial charge is 0.416 e. The summed E-state index contributed by atoms with van der Waals surface area (Å²) < 4.78 is 39.3. The molecule has 2 N–H and O–H groups in total. The van der Waals surface area contributed by atoms with Gasteiger partial charge in [0.05, 0.1) is 18.2 Å². The molecule has 1 heterocycles. The SMILES string of the molecule is CC(NC(=O)N1CC(C)C(C)(CO)C1)c1ccccc1C(F)(F)F. The summed E-state index contributed by atoms with van der Waals surface area (Å²) in [7, 11) is 0. The van der Waals surface area contributed by atoms with E-state index in [2.05, 4.69) is 5.32 Å². The van der Waals surface area contributed by atoms with Crippen molar-refractivity contribution in [1.29, 1.82) is 0 Å². The molecule has 1 aromatic rings. The Labute approximate surface area is 139 Å². The summed E-state index contributed by atoms with van der Waals surface area (Å²) in [6.45, 7) is 6.19. The van der Waals surface area contributed by atoms with Gasteiger partial charge in [-0.05, 0) is 24.5 Å². The van der Waals surface area contributed by atoms with Gasteiger partial charge in [-0.3, -0.25) is 0 Å². The van der Waals surface area contributed by atoms with Crippen LogP contribution in [0, 0.1) is 11.3 Å². The van der Waals surface area contributed by atoms with Gasteiger partial charge in [0, 0.05) is 18.5 Å². The molecule has 0 bridgehead atoms. The normalized spacial score (nSPS) is 25.6. The second-order valence-electron chi connectivity index (χ2n) is 6.85. The smallest absolute Gasteiger partial charge is 0.396 e. The monoisotopic (exact) mass is 344 g/mol. The highest BCUT2D eigenvalue weighted by atomic mass is 19.4. The van der Waals surface area contributed by atoms with Crippen molar-refractivity contribution >= 4 is 6.03 Å². The molecule has 1 aliphatic heterocycles. The molecule has 1 fully saturated rings. The number of benzene rings is 1. The lowest BCUT2D eigenvalue weighted by Crippen LogP contribution is -2.41. The molecule has 1 saturated heterocycles. The van der Waals surface area contributed by atoms with Gasteiger partial charge >= 0.3 is 12.2 Å². The Hall–Kier alpha value is -1.76. The molecule has 1 aliphatic rings. The van der Waals surface area contributed by atoms with E-state index in [0.717, 1.165) is 6.07 Å². The number of amides is 2. The van der Waals surface area contributed by atoms with E-state index in [-0.39, 0.29) is 23.5 Å². The predicted octanol–water partition coefficient (Wildman–Crippen LogP) is 3.43. The molecule has 0 saturated carbocycles. The maximum absolute atomic E-state index is 13.1. The molecule has 3 atom stereocenters. The number of aliphatic hydroxyl groups excluding tert-OH is 1. The second kappa shape index (κ2) is 6.63. The Bertz CT molecular complexity index is 606. The van der Waals surface area contributed by atoms with Crippen LogP contribution in [-0.4, -0.2) is 35.7 Å². The lowest BCUT2D eigenvalue weighted by atomic mass is 9.82. The Morgan fingerprint density at radius 1 is 1.46 bits per heavy atom. The average Bonchev–Trinajstić information content (AvgIpc) is 2.83. The van der Waals surface area contributed by atoms with Gasteiger partial charge in [-0.2, -0.15) is 13.2 Å². The molecule has 0 aromatic heterocycles. The zero-order chi connectivity index (χ0) is 18.1. The van der Waals surface area contributed by atoms with E-state index in [0.29, 0.717) is 13.1 Å². The minimum absolute atomic E-state index is 0.0373. The highest BCUT2D eigenvalue weighted by Gasteiger charge is 2.42. The van der Waals surface area contributed by atoms with Crippen molar-refractivity contribution in [2.75, 3.05) is 19.7 Å². The molecule has 2 rings (SSSR count). The molecule has 7 heteroatoms. The first-order chi connectivity index (χ1) is 11.1. The summed E-state index contributed by atoms with van der Waals surface area (Å²) in [6.07, 6.45) is -4.47. The van der Waals surface area contributed by atoms with Crippen molar-refractivity contribution < 1.29 is 23.1 Å². The Morgan fingerprint density at radius 2 is 2.08 bits per heavy atom. The lowest BCUT2D eigenvalue weighted by molar-refractivity contribution is -0.138. The topological polar surface area (TPSA) is 52.6 Å². The highest BCUT2D eigenvalue weighted by Crippen LogP contribution is 2.36. The second-order valence-corrected chi connectivity index (χ2v) is 6.85. The number of nitrogens with one attached hydrogen (secondary N) is 1. The van der Waals surface area contributed by atoms with E-state index in [1.807, 2.05) is 13.8 Å². The van der Waals surface area contributed by atoms with E-state index in [1.54, 1.807) is 4.90 Å². The van der Waals surface area contributed by atoms with Gasteiger partial charge in [0.25, 0.3) is 0 Å². The number of likely N-dealkylation sites (tertiary alicyclic amines) is 1. The van der Waals surface area contributed by atoms with Crippen LogP contribution in [-0.2, 0) is 6.18 Å². The van der Waals surface area contributed by atoms with Crippen LogP contribution < -0.4 is 5.32 Å². The van der Waals surface area contributed by atoms with E-state index >= 15 is 0 Å². The fourth-order valence-electron chi connectivity index (χ4n) is 3.05. The molecule has 0 aliphatic carbocycles. The number of hydrogen-bond acceptors (Lipinski definition) is 2. The van der Waals surface area contributed by atoms with Crippen LogP contribution in [0.1, 0.15) is 37.9 Å². The van der Waals surface area contributed by atoms with Gasteiger partial charge < -0.3 is 15.3 Å². The van der Waals surface area contributed by atoms with Crippen molar-refractivity contribution in [3.63, 3.8) is 0 Å². The van der Waals surface area contributed by atoms with Crippen LogP contribution in [0.4, 0.5) is 18.0 Å². The number of rotatable bonds is 3. The number of urea groups is 1. The van der Waals surface area contributed by atoms with Gasteiger partial charge in [-0.1, -0.05) is 32.0 Å². The molecule has 0 spiro atoms. The molecule has 2 amide bonds. The lowest BCUT2D eigenvalue weighted by Gasteiger charge is -2.26. The van der Waals surface area contributed by atoms with Gasteiger partial charge in [0.1, 0.15) is 0 Å². The molecule has 0 radical (unpaired) electrons. The Morgan fingerprint density at radius 3 is 2.62 bits per heavy atom. The summed E-state index contributed by atoms with van der Waals surface area (Å²) in [5.74, 6) is 0.117. The molecular formula is C17H23F3N2O2. The van der Waals surface area contributed by atoms with Crippen molar-refractivity contribution in [2.45, 2.75) is 33.0 Å². The van der Waals surface area contributed by atoms with Crippen LogP contribution in [0.25, 0.3) is 0 Å². The zero-order valence-electron chi connectivity index (χ0n) is 14.0. The summed E-state index contributed by atoms with van der Waals surface area (Å²) in [5.41, 5.74) is -1.09. The Kier molecular flexibility index (Phi) is 5.13. The van der Waals surface area contributed by atoms with Crippen molar-refractivity contribution in [3.05, 3.63) is 35.4 Å². The zero-order valence-corrected chi connectivity index (χ0v) is 14.0. The molecule has 3 unspecified atom stereocenters. The fraction of sp³-hybridized carbons (Fsp3) is 0.588. The van der Waals surface area contributed by atoms with Crippen LogP contribution in [0.3, 0.4) is 0 Å². The average molecular weight is 344 g/mol. The first kappa shape index (κ1) is 18.6. The summed E-state index contributed by atoms with van der Waals surface area (Å²) in [4.78, 5) is 13.9. The summed E-state index contributed by atoms with van der Waals surface area (Å²) in [5, 5.41) is 12.1. The first-order valence-electron chi connectivity index (χ1n) is 7.91. The number of hydrogen-bond donors (Lipinski definition) is 2. The molecule has 4 nitrogen and oxygen atoms in total. The standard InChI is InChI=1S/C17H23F3N2O2/c1-11-8-22(9-16(11,3)10-23)15(24)21-12(2)13-6-4-5-7-14(13)17(18,19)20/h4-7,11-12,23H,8-10H2,1-3H3,(H,21,24). The summed E-state index contributed by atoms with van der Waals surface area (Å²) in [6, 6.07) is 4.05. The number of carbonyl (C=O) groups is 1. The molecule has 1 aromatic carbocycles. The minimum atomic E-state index is -4.47. The van der Waals surface area contributed by atoms with Gasteiger partial charge in [0.15, 0.2) is 0 Å². The van der Waals surface area contributed by atoms with E-state index < -0.39 is 23.8 Å².